The number of anilines is 1. The summed E-state index contributed by atoms with van der Waals surface area (Å²) in [6, 6.07) is 7.56. The van der Waals surface area contributed by atoms with Gasteiger partial charge in [0.15, 0.2) is 9.84 Å². The second-order valence-corrected chi connectivity index (χ2v) is 6.68. The molecule has 0 amide bonds. The molecule has 2 rings (SSSR count). The van der Waals surface area contributed by atoms with Crippen LogP contribution in [-0.4, -0.2) is 37.7 Å². The van der Waals surface area contributed by atoms with Crippen molar-refractivity contribution >= 4 is 21.2 Å². The highest BCUT2D eigenvalue weighted by Gasteiger charge is 2.12. The molecule has 0 aliphatic heterocycles. The highest BCUT2D eigenvalue weighted by atomic mass is 32.2. The molecule has 0 unspecified atom stereocenters. The van der Waals surface area contributed by atoms with E-state index in [-0.39, 0.29) is 17.2 Å². The van der Waals surface area contributed by atoms with Crippen LogP contribution in [-0.2, 0) is 9.84 Å². The van der Waals surface area contributed by atoms with Crippen LogP contribution in [0.25, 0.3) is 0 Å². The van der Waals surface area contributed by atoms with Gasteiger partial charge in [-0.2, -0.15) is 0 Å². The number of nitro groups is 1. The third-order valence-corrected chi connectivity index (χ3v) is 4.06. The number of nitrogens with zero attached hydrogens (tertiary/aromatic N) is 2. The number of sulfone groups is 1. The number of hydrogen-bond acceptors (Lipinski definition) is 7. The van der Waals surface area contributed by atoms with Crippen LogP contribution in [0.5, 0.6) is 5.75 Å². The van der Waals surface area contributed by atoms with Gasteiger partial charge >= 0.3 is 5.69 Å². The summed E-state index contributed by atoms with van der Waals surface area (Å²) in [6.45, 7) is 0.608. The fourth-order valence-electron chi connectivity index (χ4n) is 1.82. The zero-order chi connectivity index (χ0) is 16.9. The standard InChI is InChI=1S/C14H15N3O5S/c1-23(20,21)12-4-2-11(3-5-12)22-9-8-16-13-6-7-15-10-14(13)17(18)19/h2-7,10H,8-9H2,1H3,(H,15,16). The van der Waals surface area contributed by atoms with E-state index in [4.69, 9.17) is 4.74 Å². The van der Waals surface area contributed by atoms with E-state index in [9.17, 15) is 18.5 Å². The maximum Gasteiger partial charge on any atom is 0.310 e. The lowest BCUT2D eigenvalue weighted by Gasteiger charge is -2.09. The molecule has 23 heavy (non-hydrogen) atoms. The molecule has 0 saturated carbocycles. The minimum atomic E-state index is -3.23. The normalized spacial score (nSPS) is 11.0. The smallest absolute Gasteiger partial charge is 0.310 e. The van der Waals surface area contributed by atoms with Crippen LogP contribution in [0.15, 0.2) is 47.6 Å². The maximum absolute atomic E-state index is 11.3. The maximum atomic E-state index is 11.3. The van der Waals surface area contributed by atoms with Crippen molar-refractivity contribution in [3.63, 3.8) is 0 Å². The molecule has 9 heteroatoms. The van der Waals surface area contributed by atoms with Crippen molar-refractivity contribution in [1.29, 1.82) is 0 Å². The van der Waals surface area contributed by atoms with Gasteiger partial charge in [-0.1, -0.05) is 0 Å². The lowest BCUT2D eigenvalue weighted by Crippen LogP contribution is -2.12. The van der Waals surface area contributed by atoms with Gasteiger partial charge < -0.3 is 10.1 Å². The Morgan fingerprint density at radius 1 is 1.26 bits per heavy atom. The number of hydrogen-bond donors (Lipinski definition) is 1. The van der Waals surface area contributed by atoms with Gasteiger partial charge in [0.25, 0.3) is 0 Å². The Bertz CT molecular complexity index is 790. The summed E-state index contributed by atoms with van der Waals surface area (Å²) in [5.74, 6) is 0.517. The zero-order valence-corrected chi connectivity index (χ0v) is 13.1. The third-order valence-electron chi connectivity index (χ3n) is 2.93. The van der Waals surface area contributed by atoms with Crippen molar-refractivity contribution in [2.45, 2.75) is 4.90 Å². The van der Waals surface area contributed by atoms with E-state index in [1.807, 2.05) is 0 Å². The predicted molar refractivity (Wildman–Crippen MR) is 84.4 cm³/mol. The van der Waals surface area contributed by atoms with Gasteiger partial charge in [0, 0.05) is 19.0 Å². The molecule has 1 heterocycles. The molecule has 0 aliphatic rings. The van der Waals surface area contributed by atoms with Crippen LogP contribution < -0.4 is 10.1 Å². The predicted octanol–water partition coefficient (Wildman–Crippen LogP) is 1.88. The number of aromatic nitrogens is 1. The van der Waals surface area contributed by atoms with E-state index in [1.54, 1.807) is 12.1 Å². The highest BCUT2D eigenvalue weighted by molar-refractivity contribution is 7.90. The molecule has 0 aliphatic carbocycles. The summed E-state index contributed by atoms with van der Waals surface area (Å²) >= 11 is 0. The third kappa shape index (κ3) is 4.65. The molecule has 1 aromatic heterocycles. The largest absolute Gasteiger partial charge is 0.492 e. The number of rotatable bonds is 7. The molecule has 0 radical (unpaired) electrons. The first-order valence-electron chi connectivity index (χ1n) is 6.63. The van der Waals surface area contributed by atoms with Crippen LogP contribution in [0.1, 0.15) is 0 Å². The molecule has 0 spiro atoms. The van der Waals surface area contributed by atoms with Crippen molar-refractivity contribution < 1.29 is 18.1 Å². The lowest BCUT2D eigenvalue weighted by atomic mass is 10.3. The molecular weight excluding hydrogens is 322 g/mol. The summed E-state index contributed by atoms with van der Waals surface area (Å²) in [5, 5.41) is 13.7. The summed E-state index contributed by atoms with van der Waals surface area (Å²) in [5.41, 5.74) is 0.256. The van der Waals surface area contributed by atoms with E-state index in [0.717, 1.165) is 6.26 Å². The molecule has 1 N–H and O–H groups in total. The average molecular weight is 337 g/mol. The molecule has 8 nitrogen and oxygen atoms in total. The minimum absolute atomic E-state index is 0.106. The highest BCUT2D eigenvalue weighted by Crippen LogP contribution is 2.21. The second kappa shape index (κ2) is 7.05. The van der Waals surface area contributed by atoms with Crippen molar-refractivity contribution in [3.8, 4) is 5.75 Å². The molecule has 0 bridgehead atoms. The van der Waals surface area contributed by atoms with Crippen LogP contribution >= 0.6 is 0 Å². The van der Waals surface area contributed by atoms with E-state index in [1.165, 1.54) is 30.6 Å². The molecule has 0 saturated heterocycles. The monoisotopic (exact) mass is 337 g/mol. The van der Waals surface area contributed by atoms with Gasteiger partial charge in [-0.05, 0) is 30.3 Å². The zero-order valence-electron chi connectivity index (χ0n) is 12.3. The number of nitrogens with one attached hydrogen (secondary N) is 1. The summed E-state index contributed by atoms with van der Waals surface area (Å²) in [6.07, 6.45) is 3.77. The Kier molecular flexibility index (Phi) is 5.12. The SMILES string of the molecule is CS(=O)(=O)c1ccc(OCCNc2ccncc2[N+](=O)[O-])cc1. The van der Waals surface area contributed by atoms with Gasteiger partial charge in [-0.25, -0.2) is 8.42 Å². The molecule has 0 fully saturated rings. The van der Waals surface area contributed by atoms with E-state index in [0.29, 0.717) is 18.0 Å². The van der Waals surface area contributed by atoms with Crippen LogP contribution in [0, 0.1) is 10.1 Å². The summed E-state index contributed by atoms with van der Waals surface area (Å²) in [7, 11) is -3.23. The lowest BCUT2D eigenvalue weighted by molar-refractivity contribution is -0.384. The van der Waals surface area contributed by atoms with Crippen LogP contribution in [0.3, 0.4) is 0 Å². The summed E-state index contributed by atoms with van der Waals surface area (Å²) < 4.78 is 28.1. The van der Waals surface area contributed by atoms with Crippen molar-refractivity contribution in [2.75, 3.05) is 24.7 Å². The molecule has 1 aromatic carbocycles. The molecule has 122 valence electrons. The quantitative estimate of drug-likeness (QED) is 0.466. The molecule has 2 aromatic rings. The number of benzene rings is 1. The van der Waals surface area contributed by atoms with E-state index >= 15 is 0 Å². The Labute approximate surface area is 133 Å². The first-order chi connectivity index (χ1) is 10.9. The Hall–Kier alpha value is -2.68. The van der Waals surface area contributed by atoms with Gasteiger partial charge in [0.1, 0.15) is 24.2 Å². The van der Waals surface area contributed by atoms with Gasteiger partial charge in [-0.3, -0.25) is 15.1 Å². The Balaban J connectivity index is 1.88. The van der Waals surface area contributed by atoms with Gasteiger partial charge in [0.05, 0.1) is 9.82 Å². The van der Waals surface area contributed by atoms with Crippen LogP contribution in [0.2, 0.25) is 0 Å². The van der Waals surface area contributed by atoms with Gasteiger partial charge in [-0.15, -0.1) is 0 Å². The van der Waals surface area contributed by atoms with Gasteiger partial charge in [0.2, 0.25) is 0 Å². The molecule has 0 atom stereocenters. The van der Waals surface area contributed by atoms with Crippen molar-refractivity contribution in [3.05, 3.63) is 52.8 Å². The fourth-order valence-corrected chi connectivity index (χ4v) is 2.45. The average Bonchev–Trinajstić information content (AvgIpc) is 2.51. The summed E-state index contributed by atoms with van der Waals surface area (Å²) in [4.78, 5) is 14.2. The van der Waals surface area contributed by atoms with Crippen molar-refractivity contribution in [1.82, 2.24) is 4.98 Å². The Morgan fingerprint density at radius 2 is 1.96 bits per heavy atom. The van der Waals surface area contributed by atoms with Crippen LogP contribution in [0.4, 0.5) is 11.4 Å². The Morgan fingerprint density at radius 3 is 2.57 bits per heavy atom. The minimum Gasteiger partial charge on any atom is -0.492 e. The van der Waals surface area contributed by atoms with Crippen molar-refractivity contribution in [2.24, 2.45) is 0 Å². The second-order valence-electron chi connectivity index (χ2n) is 4.67. The molecular formula is C14H15N3O5S. The number of ether oxygens (including phenoxy) is 1. The first kappa shape index (κ1) is 16.7. The fraction of sp³-hybridized carbons (Fsp3) is 0.214. The first-order valence-corrected chi connectivity index (χ1v) is 8.52. The van der Waals surface area contributed by atoms with E-state index < -0.39 is 14.8 Å². The number of pyridine rings is 1. The topological polar surface area (TPSA) is 111 Å². The van der Waals surface area contributed by atoms with E-state index in [2.05, 4.69) is 10.3 Å².